The Labute approximate surface area is 163 Å². The lowest BCUT2D eigenvalue weighted by Gasteiger charge is -2.05. The van der Waals surface area contributed by atoms with Crippen molar-refractivity contribution in [1.82, 2.24) is 4.98 Å². The lowest BCUT2D eigenvalue weighted by Crippen LogP contribution is -1.99. The van der Waals surface area contributed by atoms with Gasteiger partial charge >= 0.3 is 5.97 Å². The second-order valence-electron chi connectivity index (χ2n) is 5.09. The van der Waals surface area contributed by atoms with E-state index in [1.165, 1.54) is 11.3 Å². The standard InChI is InChI=1S/C17H11Cl3N2O2S/c18-10-6-4-9(5-7-10)16-13(8-14(23)24)25-17(22-16)21-12-3-1-2-11(19)15(12)20/h1-7H,8H2,(H,21,22)(H,23,24). The minimum atomic E-state index is -0.925. The van der Waals surface area contributed by atoms with E-state index in [0.29, 0.717) is 36.5 Å². The lowest BCUT2D eigenvalue weighted by atomic mass is 10.1. The number of nitrogens with zero attached hydrogens (tertiary/aromatic N) is 1. The SMILES string of the molecule is O=C(O)Cc1sc(Nc2cccc(Cl)c2Cl)nc1-c1ccc(Cl)cc1. The normalized spacial score (nSPS) is 10.7. The predicted octanol–water partition coefficient (Wildman–Crippen LogP) is 6.14. The van der Waals surface area contributed by atoms with E-state index >= 15 is 0 Å². The highest BCUT2D eigenvalue weighted by Gasteiger charge is 2.17. The third kappa shape index (κ3) is 4.25. The number of halogens is 3. The third-order valence-electron chi connectivity index (χ3n) is 3.32. The number of aliphatic carboxylic acids is 1. The fourth-order valence-electron chi connectivity index (χ4n) is 2.21. The highest BCUT2D eigenvalue weighted by molar-refractivity contribution is 7.16. The van der Waals surface area contributed by atoms with Crippen LogP contribution in [0.25, 0.3) is 11.3 Å². The summed E-state index contributed by atoms with van der Waals surface area (Å²) < 4.78 is 0. The highest BCUT2D eigenvalue weighted by Crippen LogP contribution is 2.36. The van der Waals surface area contributed by atoms with Crippen molar-refractivity contribution in [2.24, 2.45) is 0 Å². The fraction of sp³-hybridized carbons (Fsp3) is 0.0588. The first-order valence-corrected chi connectivity index (χ1v) is 9.07. The second-order valence-corrected chi connectivity index (χ2v) is 7.40. The summed E-state index contributed by atoms with van der Waals surface area (Å²) in [5.74, 6) is -0.925. The van der Waals surface area contributed by atoms with Crippen LogP contribution < -0.4 is 5.32 Å². The van der Waals surface area contributed by atoms with E-state index in [-0.39, 0.29) is 6.42 Å². The maximum atomic E-state index is 11.2. The van der Waals surface area contributed by atoms with Crippen LogP contribution in [-0.4, -0.2) is 16.1 Å². The molecule has 0 atom stereocenters. The van der Waals surface area contributed by atoms with E-state index in [2.05, 4.69) is 10.3 Å². The van der Waals surface area contributed by atoms with Gasteiger partial charge in [-0.15, -0.1) is 11.3 Å². The molecule has 1 heterocycles. The van der Waals surface area contributed by atoms with Crippen molar-refractivity contribution >= 4 is 62.9 Å². The molecule has 3 rings (SSSR count). The van der Waals surface area contributed by atoms with E-state index in [4.69, 9.17) is 39.9 Å². The Hall–Kier alpha value is -1.79. The Morgan fingerprint density at radius 3 is 2.52 bits per heavy atom. The molecule has 1 aromatic heterocycles. The Morgan fingerprint density at radius 2 is 1.84 bits per heavy atom. The summed E-state index contributed by atoms with van der Waals surface area (Å²) in [6, 6.07) is 12.3. The molecule has 0 radical (unpaired) electrons. The quantitative estimate of drug-likeness (QED) is 0.527. The molecule has 0 aliphatic carbocycles. The average Bonchev–Trinajstić information content (AvgIpc) is 2.94. The summed E-state index contributed by atoms with van der Waals surface area (Å²) >= 11 is 19.4. The topological polar surface area (TPSA) is 62.2 Å². The number of thiazole rings is 1. The molecule has 0 saturated heterocycles. The molecule has 0 saturated carbocycles. The smallest absolute Gasteiger partial charge is 0.308 e. The molecule has 0 unspecified atom stereocenters. The van der Waals surface area contributed by atoms with E-state index in [1.54, 1.807) is 42.5 Å². The maximum absolute atomic E-state index is 11.2. The van der Waals surface area contributed by atoms with E-state index in [9.17, 15) is 4.79 Å². The summed E-state index contributed by atoms with van der Waals surface area (Å²) in [7, 11) is 0. The van der Waals surface area contributed by atoms with E-state index < -0.39 is 5.97 Å². The molecular weight excluding hydrogens is 403 g/mol. The summed E-state index contributed by atoms with van der Waals surface area (Å²) in [5.41, 5.74) is 2.00. The van der Waals surface area contributed by atoms with Crippen molar-refractivity contribution in [1.29, 1.82) is 0 Å². The van der Waals surface area contributed by atoms with Gasteiger partial charge in [0.15, 0.2) is 5.13 Å². The Bertz CT molecular complexity index is 926. The van der Waals surface area contributed by atoms with Crippen LogP contribution in [0.5, 0.6) is 0 Å². The zero-order chi connectivity index (χ0) is 18.0. The number of rotatable bonds is 5. The maximum Gasteiger partial charge on any atom is 0.308 e. The first kappa shape index (κ1) is 18.0. The van der Waals surface area contributed by atoms with Gasteiger partial charge in [0, 0.05) is 15.5 Å². The highest BCUT2D eigenvalue weighted by atomic mass is 35.5. The molecule has 0 amide bonds. The molecule has 3 aromatic rings. The Morgan fingerprint density at radius 1 is 1.12 bits per heavy atom. The summed E-state index contributed by atoms with van der Waals surface area (Å²) in [4.78, 5) is 16.3. The molecule has 128 valence electrons. The molecule has 4 nitrogen and oxygen atoms in total. The van der Waals surface area contributed by atoms with Gasteiger partial charge < -0.3 is 10.4 Å². The number of aromatic nitrogens is 1. The van der Waals surface area contributed by atoms with E-state index in [0.717, 1.165) is 5.56 Å². The van der Waals surface area contributed by atoms with Gasteiger partial charge in [0.1, 0.15) is 0 Å². The minimum Gasteiger partial charge on any atom is -0.481 e. The van der Waals surface area contributed by atoms with Crippen LogP contribution in [0.3, 0.4) is 0 Å². The molecule has 25 heavy (non-hydrogen) atoms. The van der Waals surface area contributed by atoms with Gasteiger partial charge in [-0.1, -0.05) is 53.0 Å². The molecule has 0 aliphatic heterocycles. The first-order chi connectivity index (χ1) is 11.9. The van der Waals surface area contributed by atoms with Crippen molar-refractivity contribution in [3.8, 4) is 11.3 Å². The van der Waals surface area contributed by atoms with Gasteiger partial charge in [0.2, 0.25) is 0 Å². The number of nitrogens with one attached hydrogen (secondary N) is 1. The van der Waals surface area contributed by atoms with Gasteiger partial charge in [0.05, 0.1) is 27.8 Å². The van der Waals surface area contributed by atoms with Crippen LogP contribution in [0, 0.1) is 0 Å². The largest absolute Gasteiger partial charge is 0.481 e. The lowest BCUT2D eigenvalue weighted by molar-refractivity contribution is -0.136. The van der Waals surface area contributed by atoms with Crippen LogP contribution >= 0.6 is 46.1 Å². The molecule has 8 heteroatoms. The number of hydrogen-bond donors (Lipinski definition) is 2. The van der Waals surface area contributed by atoms with Gasteiger partial charge in [-0.3, -0.25) is 4.79 Å². The number of carboxylic acids is 1. The molecule has 2 N–H and O–H groups in total. The minimum absolute atomic E-state index is 0.124. The summed E-state index contributed by atoms with van der Waals surface area (Å²) in [6.07, 6.45) is -0.124. The van der Waals surface area contributed by atoms with Gasteiger partial charge in [0.25, 0.3) is 0 Å². The zero-order valence-electron chi connectivity index (χ0n) is 12.6. The molecule has 0 bridgehead atoms. The summed E-state index contributed by atoms with van der Waals surface area (Å²) in [5, 5.41) is 14.2. The number of carboxylic acid groups (broad SMARTS) is 1. The molecular formula is C17H11Cl3N2O2S. The molecule has 2 aromatic carbocycles. The number of benzene rings is 2. The van der Waals surface area contributed by atoms with Crippen molar-refractivity contribution in [3.05, 3.63) is 62.4 Å². The monoisotopic (exact) mass is 412 g/mol. The van der Waals surface area contributed by atoms with Crippen molar-refractivity contribution in [3.63, 3.8) is 0 Å². The van der Waals surface area contributed by atoms with Crippen LogP contribution in [0.4, 0.5) is 10.8 Å². The van der Waals surface area contributed by atoms with Gasteiger partial charge in [-0.05, 0) is 24.3 Å². The Balaban J connectivity index is 1.99. The van der Waals surface area contributed by atoms with Crippen molar-refractivity contribution in [2.75, 3.05) is 5.32 Å². The van der Waals surface area contributed by atoms with Crippen molar-refractivity contribution in [2.45, 2.75) is 6.42 Å². The second kappa shape index (κ2) is 7.62. The average molecular weight is 414 g/mol. The van der Waals surface area contributed by atoms with Crippen LogP contribution in [0.1, 0.15) is 4.88 Å². The van der Waals surface area contributed by atoms with Crippen LogP contribution in [0.2, 0.25) is 15.1 Å². The predicted molar refractivity (Wildman–Crippen MR) is 104 cm³/mol. The molecule has 0 spiro atoms. The van der Waals surface area contributed by atoms with Crippen LogP contribution in [-0.2, 0) is 11.2 Å². The number of hydrogen-bond acceptors (Lipinski definition) is 4. The number of anilines is 2. The van der Waals surface area contributed by atoms with Crippen LogP contribution in [0.15, 0.2) is 42.5 Å². The fourth-order valence-corrected chi connectivity index (χ4v) is 3.67. The summed E-state index contributed by atoms with van der Waals surface area (Å²) in [6.45, 7) is 0. The first-order valence-electron chi connectivity index (χ1n) is 7.12. The molecule has 0 fully saturated rings. The number of carbonyl (C=O) groups is 1. The van der Waals surface area contributed by atoms with Gasteiger partial charge in [-0.25, -0.2) is 4.98 Å². The van der Waals surface area contributed by atoms with E-state index in [1.807, 2.05) is 0 Å². The Kier molecular flexibility index (Phi) is 5.49. The van der Waals surface area contributed by atoms with Gasteiger partial charge in [-0.2, -0.15) is 0 Å². The van der Waals surface area contributed by atoms with Crippen molar-refractivity contribution < 1.29 is 9.90 Å². The molecule has 0 aliphatic rings. The third-order valence-corrected chi connectivity index (χ3v) is 5.36. The zero-order valence-corrected chi connectivity index (χ0v) is 15.7.